The number of carbonyl (C=O) groups is 4. The summed E-state index contributed by atoms with van der Waals surface area (Å²) < 4.78 is 28.2. The van der Waals surface area contributed by atoms with E-state index in [1.165, 1.54) is 6.92 Å². The molecular formula is C23H35N3O7S. The van der Waals surface area contributed by atoms with Crippen LogP contribution < -0.4 is 16.0 Å². The summed E-state index contributed by atoms with van der Waals surface area (Å²) in [5.74, 6) is -2.79. The van der Waals surface area contributed by atoms with E-state index >= 15 is 0 Å². The lowest BCUT2D eigenvalue weighted by molar-refractivity contribution is -0.140. The zero-order chi connectivity index (χ0) is 25.7. The molecule has 0 bridgehead atoms. The highest BCUT2D eigenvalue weighted by molar-refractivity contribution is 7.91. The van der Waals surface area contributed by atoms with Crippen LogP contribution in [-0.2, 0) is 35.6 Å². The van der Waals surface area contributed by atoms with E-state index in [1.54, 1.807) is 19.1 Å². The first kappa shape index (κ1) is 29.1. The van der Waals surface area contributed by atoms with Gasteiger partial charge in [-0.05, 0) is 24.3 Å². The molecule has 0 aliphatic heterocycles. The first-order valence-electron chi connectivity index (χ1n) is 11.3. The number of alkyl carbamates (subject to hydrolysis) is 1. The molecular weight excluding hydrogens is 462 g/mol. The summed E-state index contributed by atoms with van der Waals surface area (Å²) in [6.45, 7) is 6.69. The number of ether oxygens (including phenoxy) is 1. The van der Waals surface area contributed by atoms with Crippen LogP contribution in [0.4, 0.5) is 4.79 Å². The fourth-order valence-electron chi connectivity index (χ4n) is 2.95. The molecule has 10 nitrogen and oxygen atoms in total. The molecule has 0 aliphatic rings. The van der Waals surface area contributed by atoms with Crippen molar-refractivity contribution in [2.75, 3.05) is 18.1 Å². The lowest BCUT2D eigenvalue weighted by Gasteiger charge is -2.23. The van der Waals surface area contributed by atoms with E-state index in [4.69, 9.17) is 4.74 Å². The Kier molecular flexibility index (Phi) is 12.3. The van der Waals surface area contributed by atoms with Gasteiger partial charge >= 0.3 is 6.09 Å². The summed E-state index contributed by atoms with van der Waals surface area (Å²) in [6.07, 6.45) is -0.352. The van der Waals surface area contributed by atoms with Crippen molar-refractivity contribution < 1.29 is 32.3 Å². The summed E-state index contributed by atoms with van der Waals surface area (Å²) in [5, 5.41) is 7.31. The van der Waals surface area contributed by atoms with E-state index in [-0.39, 0.29) is 43.4 Å². The maximum Gasteiger partial charge on any atom is 0.408 e. The maximum absolute atomic E-state index is 12.8. The molecule has 1 rings (SSSR count). The van der Waals surface area contributed by atoms with Gasteiger partial charge in [0, 0.05) is 12.3 Å². The predicted octanol–water partition coefficient (Wildman–Crippen LogP) is 1.34. The van der Waals surface area contributed by atoms with Crippen LogP contribution in [0.5, 0.6) is 0 Å². The number of amides is 3. The smallest absolute Gasteiger partial charge is 0.408 e. The standard InChI is InChI=1S/C23H35N3O7S/c1-5-18(20(27)22(29)24-12-13-34(31,32)6-2)25-21(28)19(14-16(3)4)26-23(30)33-15-17-10-8-7-9-11-17/h7-11,16,18-19H,5-6,12-15H2,1-4H3,(H,24,29)(H,25,28)(H,26,30)/t18-,19-/m0/s1. The number of Topliss-reactive ketones (excluding diaryl/α,β-unsaturated/α-hetero) is 1. The average molecular weight is 498 g/mol. The normalized spacial score (nSPS) is 13.0. The number of sulfone groups is 1. The molecule has 0 saturated carbocycles. The molecule has 0 heterocycles. The summed E-state index contributed by atoms with van der Waals surface area (Å²) >= 11 is 0. The predicted molar refractivity (Wildman–Crippen MR) is 128 cm³/mol. The van der Waals surface area contributed by atoms with Crippen LogP contribution in [-0.4, -0.2) is 62.2 Å². The maximum atomic E-state index is 12.8. The third-order valence-corrected chi connectivity index (χ3v) is 6.64. The summed E-state index contributed by atoms with van der Waals surface area (Å²) in [6, 6.07) is 6.97. The van der Waals surface area contributed by atoms with Gasteiger partial charge in [0.15, 0.2) is 9.84 Å². The number of nitrogens with one attached hydrogen (secondary N) is 3. The van der Waals surface area contributed by atoms with E-state index in [0.717, 1.165) is 5.56 Å². The summed E-state index contributed by atoms with van der Waals surface area (Å²) in [5.41, 5.74) is 0.789. The van der Waals surface area contributed by atoms with Gasteiger partial charge in [0.25, 0.3) is 5.91 Å². The fraction of sp³-hybridized carbons (Fsp3) is 0.565. The molecule has 0 unspecified atom stereocenters. The number of hydrogen-bond donors (Lipinski definition) is 3. The molecule has 0 aromatic heterocycles. The minimum Gasteiger partial charge on any atom is -0.445 e. The largest absolute Gasteiger partial charge is 0.445 e. The van der Waals surface area contributed by atoms with Crippen molar-refractivity contribution in [1.29, 1.82) is 0 Å². The Hall–Kier alpha value is -2.95. The van der Waals surface area contributed by atoms with E-state index in [0.29, 0.717) is 0 Å². The Labute approximate surface area is 201 Å². The molecule has 0 aliphatic carbocycles. The molecule has 3 N–H and O–H groups in total. The Balaban J connectivity index is 2.70. The number of hydrogen-bond acceptors (Lipinski definition) is 7. The molecule has 0 radical (unpaired) electrons. The van der Waals surface area contributed by atoms with Crippen LogP contribution in [0.15, 0.2) is 30.3 Å². The van der Waals surface area contributed by atoms with E-state index in [9.17, 15) is 27.6 Å². The van der Waals surface area contributed by atoms with Gasteiger partial charge in [0.05, 0.1) is 11.8 Å². The van der Waals surface area contributed by atoms with Gasteiger partial charge in [0.2, 0.25) is 11.7 Å². The van der Waals surface area contributed by atoms with Crippen molar-refractivity contribution in [3.05, 3.63) is 35.9 Å². The molecule has 3 amide bonds. The number of carbonyl (C=O) groups excluding carboxylic acids is 4. The van der Waals surface area contributed by atoms with Gasteiger partial charge in [0.1, 0.15) is 12.6 Å². The highest BCUT2D eigenvalue weighted by Gasteiger charge is 2.29. The van der Waals surface area contributed by atoms with Gasteiger partial charge < -0.3 is 20.7 Å². The Morgan fingerprint density at radius 3 is 2.18 bits per heavy atom. The van der Waals surface area contributed by atoms with Crippen LogP contribution in [0, 0.1) is 5.92 Å². The van der Waals surface area contributed by atoms with Crippen molar-refractivity contribution in [3.63, 3.8) is 0 Å². The zero-order valence-electron chi connectivity index (χ0n) is 20.1. The lowest BCUT2D eigenvalue weighted by Crippen LogP contribution is -2.54. The molecule has 34 heavy (non-hydrogen) atoms. The third kappa shape index (κ3) is 10.8. The molecule has 0 spiro atoms. The van der Waals surface area contributed by atoms with Crippen LogP contribution in [0.25, 0.3) is 0 Å². The topological polar surface area (TPSA) is 148 Å². The second-order valence-corrected chi connectivity index (χ2v) is 10.7. The van der Waals surface area contributed by atoms with Crippen molar-refractivity contribution in [2.24, 2.45) is 5.92 Å². The SMILES string of the molecule is CC[C@H](NC(=O)[C@H](CC(C)C)NC(=O)OCc1ccccc1)C(=O)C(=O)NCCS(=O)(=O)CC. The van der Waals surface area contributed by atoms with Crippen molar-refractivity contribution in [1.82, 2.24) is 16.0 Å². The van der Waals surface area contributed by atoms with Crippen molar-refractivity contribution in [3.8, 4) is 0 Å². The summed E-state index contributed by atoms with van der Waals surface area (Å²) in [4.78, 5) is 49.7. The van der Waals surface area contributed by atoms with Crippen molar-refractivity contribution in [2.45, 2.75) is 59.2 Å². The number of benzene rings is 1. The third-order valence-electron chi connectivity index (χ3n) is 4.93. The molecule has 0 fully saturated rings. The zero-order valence-corrected chi connectivity index (χ0v) is 20.9. The first-order chi connectivity index (χ1) is 16.0. The number of rotatable bonds is 14. The van der Waals surface area contributed by atoms with Crippen molar-refractivity contribution >= 4 is 33.5 Å². The highest BCUT2D eigenvalue weighted by atomic mass is 32.2. The van der Waals surface area contributed by atoms with Gasteiger partial charge in [-0.3, -0.25) is 14.4 Å². The lowest BCUT2D eigenvalue weighted by atomic mass is 10.0. The molecule has 11 heteroatoms. The second kappa shape index (κ2) is 14.3. The van der Waals surface area contributed by atoms with E-state index in [2.05, 4.69) is 16.0 Å². The highest BCUT2D eigenvalue weighted by Crippen LogP contribution is 2.08. The molecule has 190 valence electrons. The molecule has 2 atom stereocenters. The van der Waals surface area contributed by atoms with Crippen LogP contribution in [0.1, 0.15) is 46.1 Å². The van der Waals surface area contributed by atoms with Gasteiger partial charge in [-0.25, -0.2) is 13.2 Å². The van der Waals surface area contributed by atoms with Gasteiger partial charge in [-0.1, -0.05) is 58.0 Å². The fourth-order valence-corrected chi connectivity index (χ4v) is 3.65. The Morgan fingerprint density at radius 2 is 1.62 bits per heavy atom. The van der Waals surface area contributed by atoms with E-state index < -0.39 is 45.6 Å². The second-order valence-electron chi connectivity index (χ2n) is 8.21. The van der Waals surface area contributed by atoms with Crippen LogP contribution in [0.2, 0.25) is 0 Å². The average Bonchev–Trinajstić information content (AvgIpc) is 2.80. The summed E-state index contributed by atoms with van der Waals surface area (Å²) in [7, 11) is -3.29. The van der Waals surface area contributed by atoms with Gasteiger partial charge in [-0.2, -0.15) is 0 Å². The quantitative estimate of drug-likeness (QED) is 0.329. The first-order valence-corrected chi connectivity index (χ1v) is 13.1. The van der Waals surface area contributed by atoms with Crippen LogP contribution in [0.3, 0.4) is 0 Å². The van der Waals surface area contributed by atoms with E-state index in [1.807, 2.05) is 32.0 Å². The molecule has 1 aromatic carbocycles. The molecule has 0 saturated heterocycles. The Bertz CT molecular complexity index is 933. The minimum absolute atomic E-state index is 0.0344. The Morgan fingerprint density at radius 1 is 0.971 bits per heavy atom. The van der Waals surface area contributed by atoms with Gasteiger partial charge in [-0.15, -0.1) is 0 Å². The minimum atomic E-state index is -3.29. The number of ketones is 1. The monoisotopic (exact) mass is 497 g/mol. The van der Waals surface area contributed by atoms with Crippen LogP contribution >= 0.6 is 0 Å². The molecule has 1 aromatic rings.